The van der Waals surface area contributed by atoms with Crippen LogP contribution in [0.2, 0.25) is 0 Å². The Hall–Kier alpha value is -2.61. The molecular weight excluding hydrogens is 362 g/mol. The number of carbonyl (C=O) groups excluding carboxylic acids is 2. The second-order valence-electron chi connectivity index (χ2n) is 5.50. The van der Waals surface area contributed by atoms with Crippen LogP contribution in [0.25, 0.3) is 0 Å². The molecule has 2 rings (SSSR count). The van der Waals surface area contributed by atoms with Crippen LogP contribution in [0.1, 0.15) is 12.5 Å². The third-order valence-corrected chi connectivity index (χ3v) is 4.60. The summed E-state index contributed by atoms with van der Waals surface area (Å²) in [6.45, 7) is 2.01. The molecule has 0 heterocycles. The molecule has 2 aromatic carbocycles. The molecule has 0 aliphatic rings. The topological polar surface area (TPSA) is 75.3 Å². The van der Waals surface area contributed by atoms with Crippen molar-refractivity contribution in [3.63, 3.8) is 0 Å². The molecule has 2 aromatic rings. The second-order valence-corrected chi connectivity index (χ2v) is 6.96. The number of benzene rings is 2. The highest BCUT2D eigenvalue weighted by Gasteiger charge is 2.14. The molecule has 0 spiro atoms. The number of nitrogens with one attached hydrogen (secondary N) is 2. The van der Waals surface area contributed by atoms with Crippen molar-refractivity contribution in [2.24, 2.45) is 0 Å². The largest absolute Gasteiger partial charge is 0.325 e. The number of hydrogen-bond donors (Lipinski definition) is 2. The molecule has 0 radical (unpaired) electrons. The van der Waals surface area contributed by atoms with Crippen LogP contribution in [-0.4, -0.2) is 27.5 Å². The van der Waals surface area contributed by atoms with Gasteiger partial charge < -0.3 is 10.6 Å². The highest BCUT2D eigenvalue weighted by Crippen LogP contribution is 2.15. The Bertz CT molecular complexity index is 826. The van der Waals surface area contributed by atoms with E-state index >= 15 is 0 Å². The van der Waals surface area contributed by atoms with Gasteiger partial charge in [0.25, 0.3) is 0 Å². The Morgan fingerprint density at radius 3 is 2.15 bits per heavy atom. The zero-order chi connectivity index (χ0) is 19.1. The van der Waals surface area contributed by atoms with Crippen molar-refractivity contribution in [2.75, 3.05) is 22.1 Å². The van der Waals surface area contributed by atoms with E-state index in [0.29, 0.717) is 11.8 Å². The lowest BCUT2D eigenvalue weighted by Crippen LogP contribution is -2.26. The number of rotatable bonds is 7. The lowest BCUT2D eigenvalue weighted by atomic mass is 10.1. The van der Waals surface area contributed by atoms with E-state index in [9.17, 15) is 22.6 Å². The van der Waals surface area contributed by atoms with Gasteiger partial charge in [0.05, 0.1) is 5.69 Å². The Balaban J connectivity index is 1.82. The number of halogens is 2. The number of hydrogen-bond acceptors (Lipinski definition) is 3. The Kier molecular flexibility index (Phi) is 6.97. The van der Waals surface area contributed by atoms with Crippen LogP contribution in [0.3, 0.4) is 0 Å². The van der Waals surface area contributed by atoms with Crippen molar-refractivity contribution in [3.8, 4) is 0 Å². The first kappa shape index (κ1) is 19.7. The molecule has 0 aliphatic heterocycles. The van der Waals surface area contributed by atoms with Crippen LogP contribution >= 0.6 is 0 Å². The predicted molar refractivity (Wildman–Crippen MR) is 97.3 cm³/mol. The molecule has 0 fully saturated rings. The summed E-state index contributed by atoms with van der Waals surface area (Å²) in [6.07, 6.45) is 0.877. The summed E-state index contributed by atoms with van der Waals surface area (Å²) in [5, 5.41) is 4.80. The molecule has 0 bridgehead atoms. The molecule has 26 heavy (non-hydrogen) atoms. The Morgan fingerprint density at radius 1 is 0.962 bits per heavy atom. The van der Waals surface area contributed by atoms with E-state index in [1.165, 1.54) is 0 Å². The van der Waals surface area contributed by atoms with E-state index < -0.39 is 40.0 Å². The molecular formula is C18H18F2N2O3S. The molecule has 1 atom stereocenters. The molecule has 5 nitrogen and oxygen atoms in total. The van der Waals surface area contributed by atoms with Crippen molar-refractivity contribution in [2.45, 2.75) is 13.3 Å². The van der Waals surface area contributed by atoms with E-state index in [2.05, 4.69) is 10.6 Å². The van der Waals surface area contributed by atoms with Gasteiger partial charge in [-0.1, -0.05) is 19.1 Å². The minimum absolute atomic E-state index is 0.214. The van der Waals surface area contributed by atoms with Crippen LogP contribution < -0.4 is 10.6 Å². The summed E-state index contributed by atoms with van der Waals surface area (Å²) in [6, 6.07) is 9.91. The standard InChI is InChI=1S/C18H18F2N2O3S/c1-2-12-3-6-14(7-4-12)21-17(23)10-26(25)11-18(24)22-16-8-5-13(19)9-15(16)20/h3-9H,2,10-11H2,1H3,(H,21,23)(H,22,24)/t26-/m1/s1. The van der Waals surface area contributed by atoms with E-state index in [1.54, 1.807) is 12.1 Å². The predicted octanol–water partition coefficient (Wildman–Crippen LogP) is 2.85. The van der Waals surface area contributed by atoms with Gasteiger partial charge in [-0.2, -0.15) is 0 Å². The summed E-state index contributed by atoms with van der Waals surface area (Å²) >= 11 is 0. The van der Waals surface area contributed by atoms with Crippen LogP contribution in [0.4, 0.5) is 20.2 Å². The number of anilines is 2. The molecule has 2 N–H and O–H groups in total. The summed E-state index contributed by atoms with van der Waals surface area (Å²) in [5.41, 5.74) is 1.48. The van der Waals surface area contributed by atoms with Gasteiger partial charge in [-0.3, -0.25) is 13.8 Å². The normalized spacial score (nSPS) is 11.7. The molecule has 8 heteroatoms. The van der Waals surface area contributed by atoms with E-state index in [4.69, 9.17) is 0 Å². The first-order valence-corrected chi connectivity index (χ1v) is 9.35. The van der Waals surface area contributed by atoms with Crippen LogP contribution in [0.5, 0.6) is 0 Å². The van der Waals surface area contributed by atoms with Crippen molar-refractivity contribution < 1.29 is 22.6 Å². The molecule has 138 valence electrons. The molecule has 0 saturated carbocycles. The summed E-state index contributed by atoms with van der Waals surface area (Å²) in [4.78, 5) is 23.6. The molecule has 0 saturated heterocycles. The number of amides is 2. The van der Waals surface area contributed by atoms with Gasteiger partial charge in [0.15, 0.2) is 0 Å². The third-order valence-electron chi connectivity index (χ3n) is 3.44. The lowest BCUT2D eigenvalue weighted by molar-refractivity contribution is -0.114. The van der Waals surface area contributed by atoms with Crippen LogP contribution in [0.15, 0.2) is 42.5 Å². The molecule has 0 aliphatic carbocycles. The SMILES string of the molecule is CCc1ccc(NC(=O)C[S@@](=O)CC(=O)Nc2ccc(F)cc2F)cc1. The minimum atomic E-state index is -1.77. The molecule has 2 amide bonds. The first-order valence-electron chi connectivity index (χ1n) is 7.86. The fourth-order valence-electron chi connectivity index (χ4n) is 2.14. The van der Waals surface area contributed by atoms with E-state index in [-0.39, 0.29) is 11.4 Å². The maximum Gasteiger partial charge on any atom is 0.237 e. The number of carbonyl (C=O) groups is 2. The van der Waals surface area contributed by atoms with Crippen molar-refractivity contribution in [3.05, 3.63) is 59.7 Å². The van der Waals surface area contributed by atoms with Crippen LogP contribution in [0, 0.1) is 11.6 Å². The minimum Gasteiger partial charge on any atom is -0.325 e. The quantitative estimate of drug-likeness (QED) is 0.776. The van der Waals surface area contributed by atoms with Gasteiger partial charge >= 0.3 is 0 Å². The zero-order valence-corrected chi connectivity index (χ0v) is 14.9. The van der Waals surface area contributed by atoms with Gasteiger partial charge in [0, 0.05) is 22.6 Å². The van der Waals surface area contributed by atoms with Gasteiger partial charge in [0.1, 0.15) is 23.1 Å². The maximum atomic E-state index is 13.5. The Labute approximate surface area is 152 Å². The number of aryl methyl sites for hydroxylation is 1. The van der Waals surface area contributed by atoms with Gasteiger partial charge in [-0.05, 0) is 36.2 Å². The average Bonchev–Trinajstić information content (AvgIpc) is 2.57. The molecule has 0 aromatic heterocycles. The van der Waals surface area contributed by atoms with Gasteiger partial charge in [-0.25, -0.2) is 8.78 Å². The fourth-order valence-corrected chi connectivity index (χ4v) is 2.97. The van der Waals surface area contributed by atoms with Crippen molar-refractivity contribution in [1.82, 2.24) is 0 Å². The first-order chi connectivity index (χ1) is 12.4. The Morgan fingerprint density at radius 2 is 1.58 bits per heavy atom. The van der Waals surface area contributed by atoms with Gasteiger partial charge in [-0.15, -0.1) is 0 Å². The monoisotopic (exact) mass is 380 g/mol. The van der Waals surface area contributed by atoms with Crippen molar-refractivity contribution >= 4 is 34.0 Å². The van der Waals surface area contributed by atoms with Crippen LogP contribution in [-0.2, 0) is 26.8 Å². The van der Waals surface area contributed by atoms with E-state index in [0.717, 1.165) is 24.1 Å². The van der Waals surface area contributed by atoms with Gasteiger partial charge in [0.2, 0.25) is 11.8 Å². The lowest BCUT2D eigenvalue weighted by Gasteiger charge is -2.08. The zero-order valence-electron chi connectivity index (χ0n) is 14.1. The third kappa shape index (κ3) is 6.03. The summed E-state index contributed by atoms with van der Waals surface area (Å²) < 4.78 is 38.2. The second kappa shape index (κ2) is 9.19. The fraction of sp³-hybridized carbons (Fsp3) is 0.222. The smallest absolute Gasteiger partial charge is 0.237 e. The highest BCUT2D eigenvalue weighted by molar-refractivity contribution is 7.86. The maximum absolute atomic E-state index is 13.5. The summed E-state index contributed by atoms with van der Waals surface area (Å²) in [7, 11) is -1.77. The average molecular weight is 380 g/mol. The van der Waals surface area contributed by atoms with Crippen molar-refractivity contribution in [1.29, 1.82) is 0 Å². The summed E-state index contributed by atoms with van der Waals surface area (Å²) in [5.74, 6) is -3.76. The highest BCUT2D eigenvalue weighted by atomic mass is 32.2. The molecule has 0 unspecified atom stereocenters. The van der Waals surface area contributed by atoms with E-state index in [1.807, 2.05) is 19.1 Å².